The van der Waals surface area contributed by atoms with E-state index >= 15 is 0 Å². The van der Waals surface area contributed by atoms with Gasteiger partial charge in [0.15, 0.2) is 0 Å². The molecule has 0 heterocycles. The van der Waals surface area contributed by atoms with Gasteiger partial charge in [-0.3, -0.25) is 0 Å². The SMILES string of the molecule is CC(Nc1cccc(F)c1N)c1ccc(Cl)cc1Cl. The molecule has 0 saturated heterocycles. The average molecular weight is 299 g/mol. The van der Waals surface area contributed by atoms with Gasteiger partial charge in [-0.2, -0.15) is 0 Å². The van der Waals surface area contributed by atoms with Gasteiger partial charge < -0.3 is 11.1 Å². The molecule has 3 N–H and O–H groups in total. The summed E-state index contributed by atoms with van der Waals surface area (Å²) in [6.07, 6.45) is 0. The molecule has 0 saturated carbocycles. The van der Waals surface area contributed by atoms with Gasteiger partial charge in [-0.05, 0) is 36.8 Å². The normalized spacial score (nSPS) is 12.2. The highest BCUT2D eigenvalue weighted by Crippen LogP contribution is 2.30. The van der Waals surface area contributed by atoms with Gasteiger partial charge in [-0.15, -0.1) is 0 Å². The van der Waals surface area contributed by atoms with E-state index in [9.17, 15) is 4.39 Å². The van der Waals surface area contributed by atoms with Gasteiger partial charge in [0.2, 0.25) is 0 Å². The van der Waals surface area contributed by atoms with Crippen LogP contribution in [0.5, 0.6) is 0 Å². The summed E-state index contributed by atoms with van der Waals surface area (Å²) >= 11 is 12.0. The number of benzene rings is 2. The highest BCUT2D eigenvalue weighted by atomic mass is 35.5. The molecule has 2 aromatic rings. The predicted molar refractivity (Wildman–Crippen MR) is 79.3 cm³/mol. The van der Waals surface area contributed by atoms with Crippen molar-refractivity contribution in [1.29, 1.82) is 0 Å². The third-order valence-electron chi connectivity index (χ3n) is 2.85. The molecule has 0 spiro atoms. The third kappa shape index (κ3) is 3.11. The van der Waals surface area contributed by atoms with Crippen molar-refractivity contribution >= 4 is 34.6 Å². The summed E-state index contributed by atoms with van der Waals surface area (Å²) in [7, 11) is 0. The number of nitrogens with one attached hydrogen (secondary N) is 1. The van der Waals surface area contributed by atoms with E-state index in [1.165, 1.54) is 6.07 Å². The molecule has 0 fully saturated rings. The van der Waals surface area contributed by atoms with Crippen molar-refractivity contribution in [3.8, 4) is 0 Å². The average Bonchev–Trinajstić information content (AvgIpc) is 2.34. The monoisotopic (exact) mass is 298 g/mol. The second-order valence-corrected chi connectivity index (χ2v) is 5.08. The molecule has 0 amide bonds. The van der Waals surface area contributed by atoms with Crippen LogP contribution in [0.1, 0.15) is 18.5 Å². The van der Waals surface area contributed by atoms with E-state index in [2.05, 4.69) is 5.32 Å². The molecule has 0 aliphatic carbocycles. The minimum atomic E-state index is -0.445. The Hall–Kier alpha value is -1.45. The minimum absolute atomic E-state index is 0.0967. The van der Waals surface area contributed by atoms with Gasteiger partial charge in [0.25, 0.3) is 0 Å². The van der Waals surface area contributed by atoms with Gasteiger partial charge in [-0.1, -0.05) is 35.3 Å². The largest absolute Gasteiger partial charge is 0.395 e. The number of para-hydroxylation sites is 1. The first-order valence-electron chi connectivity index (χ1n) is 5.74. The van der Waals surface area contributed by atoms with Gasteiger partial charge in [0.1, 0.15) is 5.82 Å². The zero-order valence-electron chi connectivity index (χ0n) is 10.3. The molecule has 0 aliphatic heterocycles. The molecule has 2 rings (SSSR count). The van der Waals surface area contributed by atoms with Gasteiger partial charge in [0.05, 0.1) is 17.4 Å². The fraction of sp³-hybridized carbons (Fsp3) is 0.143. The van der Waals surface area contributed by atoms with Gasteiger partial charge in [0, 0.05) is 10.0 Å². The molecule has 1 unspecified atom stereocenters. The first-order chi connectivity index (χ1) is 8.99. The molecular formula is C14H13Cl2FN2. The maximum atomic E-state index is 13.4. The molecule has 5 heteroatoms. The number of anilines is 2. The number of halogens is 3. The maximum absolute atomic E-state index is 13.4. The molecule has 100 valence electrons. The van der Waals surface area contributed by atoms with Crippen molar-refractivity contribution < 1.29 is 4.39 Å². The van der Waals surface area contributed by atoms with E-state index in [0.29, 0.717) is 15.7 Å². The Morgan fingerprint density at radius 2 is 1.95 bits per heavy atom. The first kappa shape index (κ1) is 14.0. The summed E-state index contributed by atoms with van der Waals surface area (Å²) in [5, 5.41) is 4.27. The second-order valence-electron chi connectivity index (χ2n) is 4.23. The Bertz CT molecular complexity index is 602. The number of nitrogens with two attached hydrogens (primary N) is 1. The van der Waals surface area contributed by atoms with Gasteiger partial charge >= 0.3 is 0 Å². The van der Waals surface area contributed by atoms with Crippen LogP contribution in [-0.4, -0.2) is 0 Å². The highest BCUT2D eigenvalue weighted by molar-refractivity contribution is 6.35. The van der Waals surface area contributed by atoms with E-state index < -0.39 is 5.82 Å². The summed E-state index contributed by atoms with van der Waals surface area (Å²) < 4.78 is 13.4. The van der Waals surface area contributed by atoms with Crippen molar-refractivity contribution in [2.75, 3.05) is 11.1 Å². The van der Waals surface area contributed by atoms with E-state index in [4.69, 9.17) is 28.9 Å². The summed E-state index contributed by atoms with van der Waals surface area (Å²) in [5.41, 5.74) is 7.19. The lowest BCUT2D eigenvalue weighted by atomic mass is 10.1. The zero-order chi connectivity index (χ0) is 14.0. The topological polar surface area (TPSA) is 38.0 Å². The van der Waals surface area contributed by atoms with Crippen LogP contribution in [0.3, 0.4) is 0 Å². The van der Waals surface area contributed by atoms with Crippen LogP contribution < -0.4 is 11.1 Å². The number of nitrogen functional groups attached to an aromatic ring is 1. The fourth-order valence-electron chi connectivity index (χ4n) is 1.83. The Morgan fingerprint density at radius 3 is 2.63 bits per heavy atom. The molecule has 1 atom stereocenters. The Balaban J connectivity index is 2.25. The molecule has 2 aromatic carbocycles. The van der Waals surface area contributed by atoms with Crippen LogP contribution in [0.15, 0.2) is 36.4 Å². The van der Waals surface area contributed by atoms with Crippen LogP contribution in [0.4, 0.5) is 15.8 Å². The smallest absolute Gasteiger partial charge is 0.148 e. The third-order valence-corrected chi connectivity index (χ3v) is 3.42. The van der Waals surface area contributed by atoms with Crippen molar-refractivity contribution in [2.24, 2.45) is 0 Å². The van der Waals surface area contributed by atoms with Crippen molar-refractivity contribution in [2.45, 2.75) is 13.0 Å². The number of hydrogen-bond donors (Lipinski definition) is 2. The summed E-state index contributed by atoms with van der Waals surface area (Å²) in [6.45, 7) is 1.92. The van der Waals surface area contributed by atoms with Gasteiger partial charge in [-0.25, -0.2) is 4.39 Å². The molecular weight excluding hydrogens is 286 g/mol. The lowest BCUT2D eigenvalue weighted by Crippen LogP contribution is -2.09. The van der Waals surface area contributed by atoms with Crippen LogP contribution in [0.25, 0.3) is 0 Å². The second kappa shape index (κ2) is 5.68. The minimum Gasteiger partial charge on any atom is -0.395 e. The number of rotatable bonds is 3. The Labute approximate surface area is 121 Å². The van der Waals surface area contributed by atoms with Crippen LogP contribution >= 0.6 is 23.2 Å². The Morgan fingerprint density at radius 1 is 1.21 bits per heavy atom. The lowest BCUT2D eigenvalue weighted by molar-refractivity contribution is 0.632. The van der Waals surface area contributed by atoms with Crippen LogP contribution in [0, 0.1) is 5.82 Å². The van der Waals surface area contributed by atoms with E-state index in [-0.39, 0.29) is 11.7 Å². The molecule has 0 aromatic heterocycles. The molecule has 2 nitrogen and oxygen atoms in total. The van der Waals surface area contributed by atoms with E-state index in [1.54, 1.807) is 24.3 Å². The molecule has 0 bridgehead atoms. The molecule has 0 radical (unpaired) electrons. The van der Waals surface area contributed by atoms with Crippen molar-refractivity contribution in [1.82, 2.24) is 0 Å². The van der Waals surface area contributed by atoms with Crippen molar-refractivity contribution in [3.63, 3.8) is 0 Å². The first-order valence-corrected chi connectivity index (χ1v) is 6.50. The standard InChI is InChI=1S/C14H13Cl2FN2/c1-8(10-6-5-9(15)7-11(10)16)19-13-4-2-3-12(17)14(13)18/h2-8,19H,18H2,1H3. The molecule has 19 heavy (non-hydrogen) atoms. The fourth-order valence-corrected chi connectivity index (χ4v) is 2.40. The van der Waals surface area contributed by atoms with Crippen LogP contribution in [-0.2, 0) is 0 Å². The highest BCUT2D eigenvalue weighted by Gasteiger charge is 2.12. The van der Waals surface area contributed by atoms with Crippen molar-refractivity contribution in [3.05, 3.63) is 57.8 Å². The lowest BCUT2D eigenvalue weighted by Gasteiger charge is -2.18. The summed E-state index contributed by atoms with van der Waals surface area (Å²) in [6, 6.07) is 9.79. The summed E-state index contributed by atoms with van der Waals surface area (Å²) in [5.74, 6) is -0.445. The van der Waals surface area contributed by atoms with E-state index in [1.807, 2.05) is 13.0 Å². The Kier molecular flexibility index (Phi) is 4.17. The zero-order valence-corrected chi connectivity index (χ0v) is 11.8. The molecule has 0 aliphatic rings. The van der Waals surface area contributed by atoms with E-state index in [0.717, 1.165) is 5.56 Å². The quantitative estimate of drug-likeness (QED) is 0.792. The maximum Gasteiger partial charge on any atom is 0.148 e. The van der Waals surface area contributed by atoms with Crippen LogP contribution in [0.2, 0.25) is 10.0 Å². The number of hydrogen-bond acceptors (Lipinski definition) is 2. The summed E-state index contributed by atoms with van der Waals surface area (Å²) in [4.78, 5) is 0. The predicted octanol–water partition coefficient (Wildman–Crippen LogP) is 4.89.